The van der Waals surface area contributed by atoms with Crippen molar-refractivity contribution in [3.8, 4) is 5.82 Å². The molecule has 0 bridgehead atoms. The Balaban J connectivity index is 1.65. The number of nitrogens with zero attached hydrogens (tertiary/aromatic N) is 8. The molecular formula is C20H20N10O2. The third kappa shape index (κ3) is 4.28. The third-order valence-corrected chi connectivity index (χ3v) is 4.66. The lowest BCUT2D eigenvalue weighted by molar-refractivity contribution is 0.0949. The minimum absolute atomic E-state index is 0.0240. The highest BCUT2D eigenvalue weighted by atomic mass is 16.6. The number of amides is 1. The predicted molar refractivity (Wildman–Crippen MR) is 116 cm³/mol. The van der Waals surface area contributed by atoms with Crippen LogP contribution in [0.5, 0.6) is 0 Å². The minimum atomic E-state index is -0.536. The summed E-state index contributed by atoms with van der Waals surface area (Å²) in [5.41, 5.74) is 11.2. The number of carbonyl (C=O) groups excluding carboxylic acids is 1. The highest BCUT2D eigenvalue weighted by Crippen LogP contribution is 2.20. The van der Waals surface area contributed by atoms with Crippen LogP contribution in [0.4, 0.5) is 11.5 Å². The Morgan fingerprint density at radius 1 is 1.22 bits per heavy atom. The Hall–Kier alpha value is -4.61. The van der Waals surface area contributed by atoms with E-state index < -0.39 is 5.91 Å². The molecule has 32 heavy (non-hydrogen) atoms. The molecular weight excluding hydrogens is 412 g/mol. The molecule has 0 fully saturated rings. The molecule has 3 N–H and O–H groups in total. The summed E-state index contributed by atoms with van der Waals surface area (Å²) in [5, 5.41) is 19.6. The van der Waals surface area contributed by atoms with E-state index in [4.69, 9.17) is 5.73 Å². The highest BCUT2D eigenvalue weighted by Gasteiger charge is 2.25. The Kier molecular flexibility index (Phi) is 5.83. The molecule has 0 aliphatic carbocycles. The van der Waals surface area contributed by atoms with Crippen molar-refractivity contribution >= 4 is 23.1 Å². The zero-order valence-electron chi connectivity index (χ0n) is 17.4. The number of nitrogen functional groups attached to an aromatic ring is 1. The average Bonchev–Trinajstić information content (AvgIpc) is 3.44. The zero-order chi connectivity index (χ0) is 22.5. The number of pyridine rings is 1. The largest absolute Gasteiger partial charge is 0.378 e. The van der Waals surface area contributed by atoms with E-state index in [1.54, 1.807) is 25.4 Å². The van der Waals surface area contributed by atoms with E-state index in [9.17, 15) is 4.79 Å². The van der Waals surface area contributed by atoms with E-state index in [0.717, 1.165) is 11.3 Å². The van der Waals surface area contributed by atoms with Crippen LogP contribution < -0.4 is 16.1 Å². The number of para-hydroxylation sites is 1. The number of nitrogens with one attached hydrogen (secondary N) is 1. The normalized spacial score (nSPS) is 11.4. The smallest absolute Gasteiger partial charge is 0.293 e. The Bertz CT molecular complexity index is 1230. The molecule has 4 rings (SSSR count). The van der Waals surface area contributed by atoms with Crippen LogP contribution in [0, 0.1) is 0 Å². The lowest BCUT2D eigenvalue weighted by Crippen LogP contribution is -2.25. The molecule has 4 aromatic rings. The van der Waals surface area contributed by atoms with E-state index in [1.165, 1.54) is 4.68 Å². The molecule has 12 nitrogen and oxygen atoms in total. The molecule has 1 aromatic carbocycles. The monoisotopic (exact) mass is 432 g/mol. The first-order chi connectivity index (χ1) is 15.5. The van der Waals surface area contributed by atoms with Crippen LogP contribution in [0.15, 0.2) is 64.6 Å². The summed E-state index contributed by atoms with van der Waals surface area (Å²) in [6, 6.07) is 13.3. The number of nitrogens with two attached hydrogens (primary N) is 1. The summed E-state index contributed by atoms with van der Waals surface area (Å²) in [6.07, 6.45) is 3.31. The first-order valence-electron chi connectivity index (χ1n) is 9.58. The van der Waals surface area contributed by atoms with Gasteiger partial charge in [-0.3, -0.25) is 9.78 Å². The molecule has 1 amide bonds. The van der Waals surface area contributed by atoms with Crippen molar-refractivity contribution in [3.63, 3.8) is 0 Å². The van der Waals surface area contributed by atoms with Gasteiger partial charge in [-0.25, -0.2) is 10.1 Å². The third-order valence-electron chi connectivity index (χ3n) is 4.66. The number of hydrogen-bond donors (Lipinski definition) is 2. The summed E-state index contributed by atoms with van der Waals surface area (Å²) in [4.78, 5) is 18.9. The van der Waals surface area contributed by atoms with Gasteiger partial charge in [0.05, 0.1) is 18.0 Å². The lowest BCUT2D eigenvalue weighted by atomic mass is 10.2. The number of aromatic nitrogens is 6. The first kappa shape index (κ1) is 20.7. The molecule has 0 aliphatic rings. The van der Waals surface area contributed by atoms with Crippen LogP contribution in [0.25, 0.3) is 5.82 Å². The molecule has 0 unspecified atom stereocenters. The van der Waals surface area contributed by atoms with Crippen LogP contribution in [-0.4, -0.2) is 49.0 Å². The molecule has 0 aliphatic heterocycles. The molecule has 0 spiro atoms. The molecule has 0 saturated carbocycles. The minimum Gasteiger partial charge on any atom is -0.378 e. The van der Waals surface area contributed by atoms with Crippen molar-refractivity contribution in [2.45, 2.75) is 13.5 Å². The summed E-state index contributed by atoms with van der Waals surface area (Å²) in [5.74, 6) is -0.370. The maximum atomic E-state index is 12.9. The van der Waals surface area contributed by atoms with E-state index in [-0.39, 0.29) is 23.9 Å². The number of carbonyl (C=O) groups is 1. The molecule has 3 aromatic heterocycles. The molecule has 0 atom stereocenters. The van der Waals surface area contributed by atoms with Crippen molar-refractivity contribution in [1.82, 2.24) is 35.7 Å². The van der Waals surface area contributed by atoms with Crippen molar-refractivity contribution in [2.24, 2.45) is 5.10 Å². The van der Waals surface area contributed by atoms with Crippen LogP contribution in [0.3, 0.4) is 0 Å². The van der Waals surface area contributed by atoms with Crippen LogP contribution >= 0.6 is 0 Å². The molecule has 0 saturated heterocycles. The van der Waals surface area contributed by atoms with E-state index in [1.807, 2.05) is 48.3 Å². The predicted octanol–water partition coefficient (Wildman–Crippen LogP) is 1.42. The summed E-state index contributed by atoms with van der Waals surface area (Å²) in [7, 11) is 1.88. The standard InChI is InChI=1S/C20H20N10O2/c1-13(14-7-6-10-22-11-14)23-25-20(31)17-16(12-29(2)15-8-4-3-5-9-15)30(28-24-17)19-18(21)26-32-27-19/h3-11H,12H2,1-2H3,(H2,21,26)(H,25,31)/b23-13-. The molecule has 0 radical (unpaired) electrons. The summed E-state index contributed by atoms with van der Waals surface area (Å²) < 4.78 is 6.02. The second kappa shape index (κ2) is 9.04. The average molecular weight is 432 g/mol. The van der Waals surface area contributed by atoms with Crippen LogP contribution in [0.2, 0.25) is 0 Å². The first-order valence-corrected chi connectivity index (χ1v) is 9.58. The van der Waals surface area contributed by atoms with Crippen molar-refractivity contribution < 1.29 is 9.42 Å². The van der Waals surface area contributed by atoms with E-state index in [0.29, 0.717) is 11.4 Å². The van der Waals surface area contributed by atoms with Crippen molar-refractivity contribution in [1.29, 1.82) is 0 Å². The number of hydrogen-bond acceptors (Lipinski definition) is 10. The molecule has 162 valence electrons. The van der Waals surface area contributed by atoms with E-state index >= 15 is 0 Å². The fourth-order valence-electron chi connectivity index (χ4n) is 2.96. The highest BCUT2D eigenvalue weighted by molar-refractivity contribution is 6.00. The fraction of sp³-hybridized carbons (Fsp3) is 0.150. The molecule has 12 heteroatoms. The Labute approximate surface area is 182 Å². The molecule has 3 heterocycles. The van der Waals surface area contributed by atoms with Crippen molar-refractivity contribution in [3.05, 3.63) is 71.8 Å². The Morgan fingerprint density at radius 2 is 2.03 bits per heavy atom. The van der Waals surface area contributed by atoms with Gasteiger partial charge in [-0.15, -0.1) is 5.10 Å². The van der Waals surface area contributed by atoms with Gasteiger partial charge in [-0.05, 0) is 35.4 Å². The quantitative estimate of drug-likeness (QED) is 0.326. The Morgan fingerprint density at radius 3 is 2.72 bits per heavy atom. The fourth-order valence-corrected chi connectivity index (χ4v) is 2.96. The lowest BCUT2D eigenvalue weighted by Gasteiger charge is -2.19. The van der Waals surface area contributed by atoms with Gasteiger partial charge in [-0.2, -0.15) is 9.78 Å². The van der Waals surface area contributed by atoms with Gasteiger partial charge in [0.25, 0.3) is 5.91 Å². The second-order valence-electron chi connectivity index (χ2n) is 6.84. The summed E-state index contributed by atoms with van der Waals surface area (Å²) in [6.45, 7) is 2.04. The van der Waals surface area contributed by atoms with E-state index in [2.05, 4.69) is 40.8 Å². The topological polar surface area (TPSA) is 153 Å². The number of rotatable bonds is 7. The number of hydrazone groups is 1. The van der Waals surface area contributed by atoms with Gasteiger partial charge in [0, 0.05) is 30.7 Å². The van der Waals surface area contributed by atoms with Crippen molar-refractivity contribution in [2.75, 3.05) is 17.7 Å². The van der Waals surface area contributed by atoms with Gasteiger partial charge in [-0.1, -0.05) is 29.5 Å². The zero-order valence-corrected chi connectivity index (χ0v) is 17.4. The SMILES string of the molecule is C/C(=N/NC(=O)c1nnn(-c2nonc2N)c1CN(C)c1ccccc1)c1cccnc1. The van der Waals surface area contributed by atoms with Gasteiger partial charge in [0.15, 0.2) is 5.69 Å². The van der Waals surface area contributed by atoms with Crippen LogP contribution in [0.1, 0.15) is 28.7 Å². The second-order valence-corrected chi connectivity index (χ2v) is 6.84. The van der Waals surface area contributed by atoms with Crippen LogP contribution in [-0.2, 0) is 6.54 Å². The summed E-state index contributed by atoms with van der Waals surface area (Å²) >= 11 is 0. The number of anilines is 2. The van der Waals surface area contributed by atoms with Gasteiger partial charge < -0.3 is 10.6 Å². The van der Waals surface area contributed by atoms with Gasteiger partial charge in [0.2, 0.25) is 11.6 Å². The maximum absolute atomic E-state index is 12.9. The van der Waals surface area contributed by atoms with Gasteiger partial charge in [0.1, 0.15) is 0 Å². The number of benzene rings is 1. The maximum Gasteiger partial charge on any atom is 0.293 e. The van der Waals surface area contributed by atoms with Gasteiger partial charge >= 0.3 is 0 Å².